The molecule has 7 heteroatoms. The molecule has 6 nitrogen and oxygen atoms in total. The lowest BCUT2D eigenvalue weighted by Crippen LogP contribution is -2.35. The van der Waals surface area contributed by atoms with Crippen LogP contribution < -0.4 is 10.1 Å². The second-order valence-corrected chi connectivity index (χ2v) is 5.93. The van der Waals surface area contributed by atoms with E-state index in [1.807, 2.05) is 0 Å². The second kappa shape index (κ2) is 7.60. The van der Waals surface area contributed by atoms with E-state index in [2.05, 4.69) is 21.2 Å². The fraction of sp³-hybridized carbons (Fsp3) is 0.467. The van der Waals surface area contributed by atoms with Crippen molar-refractivity contribution >= 4 is 27.8 Å². The summed E-state index contributed by atoms with van der Waals surface area (Å²) >= 11 is 3.31. The molecule has 1 aliphatic heterocycles. The Labute approximate surface area is 136 Å². The van der Waals surface area contributed by atoms with Gasteiger partial charge in [0.05, 0.1) is 24.1 Å². The van der Waals surface area contributed by atoms with E-state index >= 15 is 0 Å². The Bertz CT molecular complexity index is 557. The summed E-state index contributed by atoms with van der Waals surface area (Å²) < 4.78 is 11.1. The molecule has 1 fully saturated rings. The van der Waals surface area contributed by atoms with E-state index in [0.29, 0.717) is 22.4 Å². The molecule has 1 heterocycles. The number of amides is 1. The van der Waals surface area contributed by atoms with Crippen molar-refractivity contribution in [1.29, 1.82) is 0 Å². The predicted molar refractivity (Wildman–Crippen MR) is 82.8 cm³/mol. The Morgan fingerprint density at radius 3 is 2.86 bits per heavy atom. The maximum atomic E-state index is 12.0. The van der Waals surface area contributed by atoms with E-state index in [4.69, 9.17) is 9.47 Å². The number of aliphatic carboxylic acids is 1. The Kier molecular flexibility index (Phi) is 5.79. The number of carbonyl (C=O) groups excluding carboxylic acids is 1. The van der Waals surface area contributed by atoms with Gasteiger partial charge in [-0.1, -0.05) is 6.07 Å². The SMILES string of the molecule is COc1ccc(C(NC(=O)CC2CCCO2)C(=O)O)cc1Br. The quantitative estimate of drug-likeness (QED) is 0.800. The van der Waals surface area contributed by atoms with E-state index < -0.39 is 12.0 Å². The zero-order chi connectivity index (χ0) is 16.1. The molecule has 120 valence electrons. The molecule has 1 amide bonds. The molecule has 2 N–H and O–H groups in total. The van der Waals surface area contributed by atoms with Crippen LogP contribution in [0.5, 0.6) is 5.75 Å². The average Bonchev–Trinajstić information content (AvgIpc) is 2.97. The third-order valence-electron chi connectivity index (χ3n) is 3.50. The van der Waals surface area contributed by atoms with Gasteiger partial charge in [0.1, 0.15) is 5.75 Å². The number of carboxylic acid groups (broad SMARTS) is 1. The number of hydrogen-bond acceptors (Lipinski definition) is 4. The van der Waals surface area contributed by atoms with Gasteiger partial charge in [0.15, 0.2) is 6.04 Å². The minimum Gasteiger partial charge on any atom is -0.496 e. The smallest absolute Gasteiger partial charge is 0.330 e. The van der Waals surface area contributed by atoms with E-state index in [9.17, 15) is 14.7 Å². The Balaban J connectivity index is 2.07. The van der Waals surface area contributed by atoms with Crippen LogP contribution in [0.2, 0.25) is 0 Å². The van der Waals surface area contributed by atoms with E-state index in [1.165, 1.54) is 7.11 Å². The van der Waals surface area contributed by atoms with Crippen molar-refractivity contribution in [2.45, 2.75) is 31.4 Å². The van der Waals surface area contributed by atoms with Gasteiger partial charge in [-0.2, -0.15) is 0 Å². The third-order valence-corrected chi connectivity index (χ3v) is 4.12. The van der Waals surface area contributed by atoms with Crippen molar-refractivity contribution in [1.82, 2.24) is 5.32 Å². The molecule has 1 aliphatic rings. The van der Waals surface area contributed by atoms with E-state index in [1.54, 1.807) is 18.2 Å². The lowest BCUT2D eigenvalue weighted by Gasteiger charge is -2.17. The largest absolute Gasteiger partial charge is 0.496 e. The molecule has 0 saturated carbocycles. The fourth-order valence-electron chi connectivity index (χ4n) is 2.38. The van der Waals surface area contributed by atoms with Crippen LogP contribution in [0.1, 0.15) is 30.9 Å². The highest BCUT2D eigenvalue weighted by Gasteiger charge is 2.25. The normalized spacial score (nSPS) is 18.7. The number of halogens is 1. The van der Waals surface area contributed by atoms with Crippen LogP contribution in [0, 0.1) is 0 Å². The zero-order valence-corrected chi connectivity index (χ0v) is 13.8. The maximum absolute atomic E-state index is 12.0. The zero-order valence-electron chi connectivity index (χ0n) is 12.2. The summed E-state index contributed by atoms with van der Waals surface area (Å²) in [6.45, 7) is 0.658. The summed E-state index contributed by atoms with van der Waals surface area (Å²) in [7, 11) is 1.53. The molecule has 2 rings (SSSR count). The summed E-state index contributed by atoms with van der Waals surface area (Å²) in [6, 6.07) is 3.80. The average molecular weight is 372 g/mol. The number of nitrogens with one attached hydrogen (secondary N) is 1. The van der Waals surface area contributed by atoms with Crippen molar-refractivity contribution in [3.05, 3.63) is 28.2 Å². The molecule has 1 aromatic rings. The highest BCUT2D eigenvalue weighted by atomic mass is 79.9. The number of carboxylic acids is 1. The molecule has 1 saturated heterocycles. The Hall–Kier alpha value is -1.60. The summed E-state index contributed by atoms with van der Waals surface area (Å²) in [5, 5.41) is 11.9. The number of rotatable bonds is 6. The summed E-state index contributed by atoms with van der Waals surface area (Å²) in [5.41, 5.74) is 0.473. The molecule has 0 spiro atoms. The molecule has 0 aliphatic carbocycles. The number of hydrogen-bond donors (Lipinski definition) is 2. The first-order chi connectivity index (χ1) is 10.5. The lowest BCUT2D eigenvalue weighted by atomic mass is 10.1. The molecular formula is C15H18BrNO5. The van der Waals surface area contributed by atoms with Gasteiger partial charge >= 0.3 is 5.97 Å². The van der Waals surface area contributed by atoms with Gasteiger partial charge in [-0.05, 0) is 46.5 Å². The first-order valence-electron chi connectivity index (χ1n) is 6.98. The van der Waals surface area contributed by atoms with Crippen LogP contribution in [0.3, 0.4) is 0 Å². The van der Waals surface area contributed by atoms with Crippen LogP contribution in [0.25, 0.3) is 0 Å². The van der Waals surface area contributed by atoms with E-state index in [0.717, 1.165) is 12.8 Å². The van der Waals surface area contributed by atoms with Crippen molar-refractivity contribution in [3.8, 4) is 5.75 Å². The fourth-order valence-corrected chi connectivity index (χ4v) is 2.94. The van der Waals surface area contributed by atoms with Crippen LogP contribution in [0.15, 0.2) is 22.7 Å². The minimum atomic E-state index is -1.11. The van der Waals surface area contributed by atoms with Crippen LogP contribution in [-0.4, -0.2) is 36.8 Å². The molecule has 0 bridgehead atoms. The van der Waals surface area contributed by atoms with Crippen LogP contribution in [0.4, 0.5) is 0 Å². The number of ether oxygens (including phenoxy) is 2. The van der Waals surface area contributed by atoms with Crippen LogP contribution >= 0.6 is 15.9 Å². The van der Waals surface area contributed by atoms with Crippen LogP contribution in [-0.2, 0) is 14.3 Å². The molecule has 0 radical (unpaired) electrons. The van der Waals surface area contributed by atoms with Gasteiger partial charge in [-0.15, -0.1) is 0 Å². The lowest BCUT2D eigenvalue weighted by molar-refractivity contribution is -0.142. The van der Waals surface area contributed by atoms with Gasteiger partial charge in [0, 0.05) is 6.61 Å². The summed E-state index contributed by atoms with van der Waals surface area (Å²) in [5.74, 6) is -0.845. The monoisotopic (exact) mass is 371 g/mol. The standard InChI is InChI=1S/C15H18BrNO5/c1-21-12-5-4-9(7-11(12)16)14(15(19)20)17-13(18)8-10-3-2-6-22-10/h4-5,7,10,14H,2-3,6,8H2,1H3,(H,17,18)(H,19,20). The topological polar surface area (TPSA) is 84.9 Å². The second-order valence-electron chi connectivity index (χ2n) is 5.07. The first kappa shape index (κ1) is 16.8. The van der Waals surface area contributed by atoms with Crippen molar-refractivity contribution in [2.75, 3.05) is 13.7 Å². The predicted octanol–water partition coefficient (Wildman–Crippen LogP) is 2.27. The number of methoxy groups -OCH3 is 1. The van der Waals surface area contributed by atoms with Gasteiger partial charge in [0.25, 0.3) is 0 Å². The van der Waals surface area contributed by atoms with Gasteiger partial charge < -0.3 is 19.9 Å². The molecule has 22 heavy (non-hydrogen) atoms. The molecule has 0 aromatic heterocycles. The molecular weight excluding hydrogens is 354 g/mol. The number of carbonyl (C=O) groups is 2. The molecule has 2 unspecified atom stereocenters. The highest BCUT2D eigenvalue weighted by molar-refractivity contribution is 9.10. The Morgan fingerprint density at radius 1 is 1.55 bits per heavy atom. The van der Waals surface area contributed by atoms with Crippen molar-refractivity contribution in [3.63, 3.8) is 0 Å². The molecule has 1 aromatic carbocycles. The first-order valence-corrected chi connectivity index (χ1v) is 7.77. The van der Waals surface area contributed by atoms with Crippen molar-refractivity contribution in [2.24, 2.45) is 0 Å². The van der Waals surface area contributed by atoms with Gasteiger partial charge in [0.2, 0.25) is 5.91 Å². The third kappa shape index (κ3) is 4.20. The maximum Gasteiger partial charge on any atom is 0.330 e. The van der Waals surface area contributed by atoms with E-state index in [-0.39, 0.29) is 18.4 Å². The van der Waals surface area contributed by atoms with Gasteiger partial charge in [-0.3, -0.25) is 4.79 Å². The molecule has 2 atom stereocenters. The highest BCUT2D eigenvalue weighted by Crippen LogP contribution is 2.28. The minimum absolute atomic E-state index is 0.114. The summed E-state index contributed by atoms with van der Waals surface area (Å²) in [4.78, 5) is 23.5. The Morgan fingerprint density at radius 2 is 2.32 bits per heavy atom. The number of benzene rings is 1. The summed E-state index contributed by atoms with van der Waals surface area (Å²) in [6.07, 6.45) is 1.84. The van der Waals surface area contributed by atoms with Crippen molar-refractivity contribution < 1.29 is 24.2 Å². The van der Waals surface area contributed by atoms with Gasteiger partial charge in [-0.25, -0.2) is 4.79 Å².